The smallest absolute Gasteiger partial charge is 0.129 e. The van der Waals surface area contributed by atoms with Crippen LogP contribution in [-0.2, 0) is 7.05 Å². The van der Waals surface area contributed by atoms with E-state index >= 15 is 0 Å². The molecule has 3 N–H and O–H groups in total. The van der Waals surface area contributed by atoms with Crippen molar-refractivity contribution < 1.29 is 4.39 Å². The van der Waals surface area contributed by atoms with Crippen LogP contribution < -0.4 is 11.3 Å². The molecule has 0 spiro atoms. The average Bonchev–Trinajstić information content (AvgIpc) is 2.70. The van der Waals surface area contributed by atoms with Gasteiger partial charge in [-0.1, -0.05) is 17.7 Å². The lowest BCUT2D eigenvalue weighted by atomic mass is 10.0. The van der Waals surface area contributed by atoms with Gasteiger partial charge in [0.25, 0.3) is 0 Å². The molecule has 0 aliphatic rings. The van der Waals surface area contributed by atoms with Gasteiger partial charge < -0.3 is 0 Å². The van der Waals surface area contributed by atoms with E-state index in [1.165, 1.54) is 6.07 Å². The second-order valence-electron chi connectivity index (χ2n) is 3.61. The van der Waals surface area contributed by atoms with Gasteiger partial charge in [0.05, 0.1) is 11.7 Å². The van der Waals surface area contributed by atoms with Crippen molar-refractivity contribution in [2.24, 2.45) is 12.9 Å². The Labute approximate surface area is 103 Å². The lowest BCUT2D eigenvalue weighted by Crippen LogP contribution is -2.31. The van der Waals surface area contributed by atoms with Gasteiger partial charge in [-0.05, 0) is 18.2 Å². The minimum atomic E-state index is -0.531. The molecule has 0 amide bonds. The first kappa shape index (κ1) is 12.0. The third-order valence-electron chi connectivity index (χ3n) is 2.61. The maximum absolute atomic E-state index is 13.8. The number of nitrogens with two attached hydrogens (primary N) is 1. The Balaban J connectivity index is 2.53. The van der Waals surface area contributed by atoms with E-state index in [4.69, 9.17) is 17.4 Å². The van der Waals surface area contributed by atoms with Crippen LogP contribution >= 0.6 is 11.6 Å². The number of rotatable bonds is 3. The van der Waals surface area contributed by atoms with Crippen molar-refractivity contribution in [1.29, 1.82) is 0 Å². The van der Waals surface area contributed by atoms with Crippen molar-refractivity contribution in [2.45, 2.75) is 6.04 Å². The third kappa shape index (κ3) is 2.17. The fraction of sp³-hybridized carbons (Fsp3) is 0.182. The molecule has 0 bridgehead atoms. The lowest BCUT2D eigenvalue weighted by Gasteiger charge is -2.18. The van der Waals surface area contributed by atoms with Crippen molar-refractivity contribution in [3.63, 3.8) is 0 Å². The van der Waals surface area contributed by atoms with Crippen molar-refractivity contribution in [1.82, 2.24) is 15.2 Å². The number of nitrogens with zero attached hydrogens (tertiary/aromatic N) is 2. The SMILES string of the molecule is Cn1nccc1C(NN)c1c(F)cccc1Cl. The quantitative estimate of drug-likeness (QED) is 0.648. The van der Waals surface area contributed by atoms with Gasteiger partial charge >= 0.3 is 0 Å². The first-order chi connectivity index (χ1) is 8.15. The van der Waals surface area contributed by atoms with E-state index in [9.17, 15) is 4.39 Å². The first-order valence-corrected chi connectivity index (χ1v) is 5.41. The molecule has 17 heavy (non-hydrogen) atoms. The lowest BCUT2D eigenvalue weighted by molar-refractivity contribution is 0.533. The average molecular weight is 255 g/mol. The van der Waals surface area contributed by atoms with Crippen LogP contribution in [0, 0.1) is 5.82 Å². The van der Waals surface area contributed by atoms with Crippen LogP contribution in [0.15, 0.2) is 30.5 Å². The molecule has 1 atom stereocenters. The van der Waals surface area contributed by atoms with Gasteiger partial charge in [0.15, 0.2) is 0 Å². The summed E-state index contributed by atoms with van der Waals surface area (Å²) >= 11 is 6.01. The predicted octanol–water partition coefficient (Wildman–Crippen LogP) is 1.77. The van der Waals surface area contributed by atoms with Crippen molar-refractivity contribution in [3.8, 4) is 0 Å². The van der Waals surface area contributed by atoms with Gasteiger partial charge in [0, 0.05) is 23.8 Å². The molecule has 1 aromatic heterocycles. The van der Waals surface area contributed by atoms with Crippen molar-refractivity contribution in [3.05, 3.63) is 52.6 Å². The van der Waals surface area contributed by atoms with Crippen LogP contribution in [0.4, 0.5) is 4.39 Å². The van der Waals surface area contributed by atoms with Crippen LogP contribution in [0.25, 0.3) is 0 Å². The minimum Gasteiger partial charge on any atom is -0.271 e. The van der Waals surface area contributed by atoms with Gasteiger partial charge in [-0.2, -0.15) is 5.10 Å². The molecule has 1 heterocycles. The largest absolute Gasteiger partial charge is 0.271 e. The Hall–Kier alpha value is -1.43. The molecule has 6 heteroatoms. The number of hydrogen-bond acceptors (Lipinski definition) is 3. The molecule has 0 saturated heterocycles. The second-order valence-corrected chi connectivity index (χ2v) is 4.02. The van der Waals surface area contributed by atoms with E-state index in [0.717, 1.165) is 5.69 Å². The molecule has 0 saturated carbocycles. The summed E-state index contributed by atoms with van der Waals surface area (Å²) in [6.45, 7) is 0. The highest BCUT2D eigenvalue weighted by atomic mass is 35.5. The Morgan fingerprint density at radius 2 is 2.24 bits per heavy atom. The predicted molar refractivity (Wildman–Crippen MR) is 63.8 cm³/mol. The zero-order chi connectivity index (χ0) is 12.4. The first-order valence-electron chi connectivity index (χ1n) is 5.03. The fourth-order valence-corrected chi connectivity index (χ4v) is 2.04. The zero-order valence-corrected chi connectivity index (χ0v) is 9.95. The molecule has 0 aliphatic carbocycles. The minimum absolute atomic E-state index is 0.320. The molecule has 90 valence electrons. The summed E-state index contributed by atoms with van der Waals surface area (Å²) in [6, 6.07) is 5.75. The van der Waals surface area contributed by atoms with E-state index in [1.807, 2.05) is 0 Å². The molecule has 0 aliphatic heterocycles. The highest BCUT2D eigenvalue weighted by Crippen LogP contribution is 2.29. The summed E-state index contributed by atoms with van der Waals surface area (Å²) in [5, 5.41) is 4.35. The number of halogens is 2. The highest BCUT2D eigenvalue weighted by Gasteiger charge is 2.21. The van der Waals surface area contributed by atoms with E-state index in [1.54, 1.807) is 36.1 Å². The van der Waals surface area contributed by atoms with Gasteiger partial charge in [-0.3, -0.25) is 10.5 Å². The molecule has 0 fully saturated rings. The van der Waals surface area contributed by atoms with Gasteiger partial charge in [-0.15, -0.1) is 0 Å². The molecule has 2 rings (SSSR count). The summed E-state index contributed by atoms with van der Waals surface area (Å²) < 4.78 is 15.4. The normalized spacial score (nSPS) is 12.7. The van der Waals surface area contributed by atoms with E-state index in [0.29, 0.717) is 10.6 Å². The highest BCUT2D eigenvalue weighted by molar-refractivity contribution is 6.31. The number of benzene rings is 1. The summed E-state index contributed by atoms with van der Waals surface area (Å²) in [5.74, 6) is 5.08. The van der Waals surface area contributed by atoms with Crippen LogP contribution in [0.5, 0.6) is 0 Å². The van der Waals surface area contributed by atoms with Crippen LogP contribution in [0.3, 0.4) is 0 Å². The topological polar surface area (TPSA) is 55.9 Å². The Bertz CT molecular complexity index is 506. The maximum Gasteiger partial charge on any atom is 0.129 e. The van der Waals surface area contributed by atoms with Crippen molar-refractivity contribution >= 4 is 11.6 Å². The van der Waals surface area contributed by atoms with Gasteiger partial charge in [0.1, 0.15) is 5.82 Å². The fourth-order valence-electron chi connectivity index (χ4n) is 1.77. The zero-order valence-electron chi connectivity index (χ0n) is 9.19. The molecule has 1 unspecified atom stereocenters. The summed E-state index contributed by atoms with van der Waals surface area (Å²) in [4.78, 5) is 0. The number of nitrogens with one attached hydrogen (secondary N) is 1. The summed E-state index contributed by atoms with van der Waals surface area (Å²) in [7, 11) is 1.76. The van der Waals surface area contributed by atoms with E-state index < -0.39 is 11.9 Å². The number of aryl methyl sites for hydroxylation is 1. The van der Waals surface area contributed by atoms with Crippen LogP contribution in [0.1, 0.15) is 17.3 Å². The Morgan fingerprint density at radius 3 is 2.76 bits per heavy atom. The molecule has 0 radical (unpaired) electrons. The van der Waals surface area contributed by atoms with Gasteiger partial charge in [-0.25, -0.2) is 9.82 Å². The van der Waals surface area contributed by atoms with Crippen LogP contribution in [-0.4, -0.2) is 9.78 Å². The Morgan fingerprint density at radius 1 is 1.47 bits per heavy atom. The molecular weight excluding hydrogens is 243 g/mol. The van der Waals surface area contributed by atoms with Crippen LogP contribution in [0.2, 0.25) is 5.02 Å². The number of hydrazine groups is 1. The summed E-state index contributed by atoms with van der Waals surface area (Å²) in [6.07, 6.45) is 1.62. The van der Waals surface area contributed by atoms with E-state index in [2.05, 4.69) is 10.5 Å². The van der Waals surface area contributed by atoms with Crippen molar-refractivity contribution in [2.75, 3.05) is 0 Å². The molecule has 1 aromatic carbocycles. The molecular formula is C11H12ClFN4. The maximum atomic E-state index is 13.8. The molecule has 4 nitrogen and oxygen atoms in total. The standard InChI is InChI=1S/C11H12ClFN4/c1-17-9(5-6-15-17)11(16-14)10-7(12)3-2-4-8(10)13/h2-6,11,16H,14H2,1H3. The second kappa shape index (κ2) is 4.83. The van der Waals surface area contributed by atoms with Gasteiger partial charge in [0.2, 0.25) is 0 Å². The third-order valence-corrected chi connectivity index (χ3v) is 2.94. The number of hydrogen-bond donors (Lipinski definition) is 2. The summed E-state index contributed by atoms with van der Waals surface area (Å²) in [5.41, 5.74) is 3.61. The Kier molecular flexibility index (Phi) is 3.42. The molecule has 2 aromatic rings. The monoisotopic (exact) mass is 254 g/mol. The number of aromatic nitrogens is 2. The van der Waals surface area contributed by atoms with E-state index in [-0.39, 0.29) is 0 Å².